The molecule has 2 N–H and O–H groups in total. The first-order valence-electron chi connectivity index (χ1n) is 9.97. The highest BCUT2D eigenvalue weighted by Gasteiger charge is 2.20. The van der Waals surface area contributed by atoms with Crippen LogP contribution in [0.3, 0.4) is 0 Å². The number of hydrogen-bond donors (Lipinski definition) is 2. The number of hydrogen-bond acceptors (Lipinski definition) is 7. The lowest BCUT2D eigenvalue weighted by atomic mass is 10.0. The van der Waals surface area contributed by atoms with E-state index in [1.54, 1.807) is 19.2 Å². The van der Waals surface area contributed by atoms with E-state index in [0.29, 0.717) is 49.5 Å². The number of anilines is 2. The molecule has 1 aromatic carbocycles. The number of H-pyrrole nitrogens is 1. The maximum absolute atomic E-state index is 14.8. The lowest BCUT2D eigenvalue weighted by Gasteiger charge is -2.26. The largest absolute Gasteiger partial charge is 0.492 e. The zero-order chi connectivity index (χ0) is 22.0. The quantitative estimate of drug-likeness (QED) is 0.571. The summed E-state index contributed by atoms with van der Waals surface area (Å²) < 4.78 is 52.2. The number of methoxy groups -OCH3 is 1. The van der Waals surface area contributed by atoms with E-state index in [1.165, 1.54) is 13.2 Å². The van der Waals surface area contributed by atoms with Crippen molar-refractivity contribution in [3.8, 4) is 16.9 Å². The first-order chi connectivity index (χ1) is 14.9. The van der Waals surface area contributed by atoms with Gasteiger partial charge < -0.3 is 14.4 Å². The van der Waals surface area contributed by atoms with Gasteiger partial charge in [0.1, 0.15) is 0 Å². The number of nitrogens with one attached hydrogen (secondary N) is 2. The third kappa shape index (κ3) is 4.42. The van der Waals surface area contributed by atoms with Crippen LogP contribution in [0.5, 0.6) is 5.75 Å². The average Bonchev–Trinajstić information content (AvgIpc) is 3.17. The second-order valence-electron chi connectivity index (χ2n) is 7.23. The predicted molar refractivity (Wildman–Crippen MR) is 117 cm³/mol. The Hall–Kier alpha value is -2.92. The van der Waals surface area contributed by atoms with Crippen LogP contribution < -0.4 is 14.4 Å². The van der Waals surface area contributed by atoms with Crippen molar-refractivity contribution in [1.82, 2.24) is 15.2 Å². The summed E-state index contributed by atoms with van der Waals surface area (Å²) in [6.45, 7) is 4.42. The van der Waals surface area contributed by atoms with E-state index in [4.69, 9.17) is 9.47 Å². The van der Waals surface area contributed by atoms with Crippen molar-refractivity contribution in [2.75, 3.05) is 48.8 Å². The van der Waals surface area contributed by atoms with Crippen LogP contribution in [0.25, 0.3) is 22.2 Å². The maximum Gasteiger partial charge on any atom is 0.232 e. The van der Waals surface area contributed by atoms with E-state index < -0.39 is 15.8 Å². The number of sulfonamides is 1. The molecule has 3 heterocycles. The summed E-state index contributed by atoms with van der Waals surface area (Å²) in [5.41, 5.74) is 1.76. The summed E-state index contributed by atoms with van der Waals surface area (Å²) in [6.07, 6.45) is 2.03. The summed E-state index contributed by atoms with van der Waals surface area (Å²) in [5.74, 6) is -0.150. The number of aromatic nitrogens is 3. The molecule has 9 nitrogen and oxygen atoms in total. The second-order valence-corrected chi connectivity index (χ2v) is 9.07. The molecule has 4 rings (SSSR count). The van der Waals surface area contributed by atoms with Gasteiger partial charge in [0.15, 0.2) is 23.0 Å². The number of pyridine rings is 1. The molecule has 0 spiro atoms. The average molecular weight is 450 g/mol. The van der Waals surface area contributed by atoms with Crippen molar-refractivity contribution < 1.29 is 22.3 Å². The van der Waals surface area contributed by atoms with Gasteiger partial charge in [0.25, 0.3) is 0 Å². The van der Waals surface area contributed by atoms with E-state index in [9.17, 15) is 12.8 Å². The van der Waals surface area contributed by atoms with Gasteiger partial charge in [-0.2, -0.15) is 5.10 Å². The van der Waals surface area contributed by atoms with Crippen LogP contribution in [-0.4, -0.2) is 62.8 Å². The van der Waals surface area contributed by atoms with Crippen LogP contribution in [0.15, 0.2) is 24.4 Å². The monoisotopic (exact) mass is 449 g/mol. The zero-order valence-corrected chi connectivity index (χ0v) is 18.1. The third-order valence-electron chi connectivity index (χ3n) is 5.03. The minimum atomic E-state index is -3.63. The molecule has 0 bridgehead atoms. The molecule has 0 aliphatic carbocycles. The van der Waals surface area contributed by atoms with Gasteiger partial charge in [-0.1, -0.05) is 6.92 Å². The van der Waals surface area contributed by atoms with Gasteiger partial charge >= 0.3 is 0 Å². The Morgan fingerprint density at radius 1 is 1.26 bits per heavy atom. The van der Waals surface area contributed by atoms with E-state index in [2.05, 4.69) is 24.8 Å². The number of rotatable bonds is 7. The fourth-order valence-corrected chi connectivity index (χ4v) is 4.72. The number of aromatic amines is 1. The van der Waals surface area contributed by atoms with Crippen LogP contribution in [0.4, 0.5) is 15.9 Å². The lowest BCUT2D eigenvalue weighted by Crippen LogP contribution is -2.36. The molecule has 0 radical (unpaired) electrons. The molecule has 2 aromatic heterocycles. The Morgan fingerprint density at radius 2 is 2.03 bits per heavy atom. The van der Waals surface area contributed by atoms with E-state index in [0.717, 1.165) is 11.2 Å². The molecule has 11 heteroatoms. The number of benzene rings is 1. The molecule has 0 saturated carbocycles. The molecule has 31 heavy (non-hydrogen) atoms. The first-order valence-corrected chi connectivity index (χ1v) is 11.6. The van der Waals surface area contributed by atoms with Crippen molar-refractivity contribution in [3.63, 3.8) is 0 Å². The molecule has 1 aliphatic heterocycles. The van der Waals surface area contributed by atoms with Gasteiger partial charge in [-0.05, 0) is 30.2 Å². The molecule has 166 valence electrons. The highest BCUT2D eigenvalue weighted by atomic mass is 32.2. The van der Waals surface area contributed by atoms with Crippen molar-refractivity contribution in [3.05, 3.63) is 30.2 Å². The van der Waals surface area contributed by atoms with Gasteiger partial charge in [0, 0.05) is 24.8 Å². The molecule has 0 atom stereocenters. The van der Waals surface area contributed by atoms with Gasteiger partial charge in [-0.25, -0.2) is 17.8 Å². The van der Waals surface area contributed by atoms with Crippen LogP contribution in [0.2, 0.25) is 0 Å². The number of ether oxygens (including phenoxy) is 2. The number of halogens is 1. The SMILES string of the molecule is CCCS(=O)(=O)Nc1cc(-c2cnc3[nH]nc(N4CCOCC4)c3c2)cc(F)c1OC. The third-order valence-corrected chi connectivity index (χ3v) is 6.50. The Morgan fingerprint density at radius 3 is 2.74 bits per heavy atom. The molecule has 0 amide bonds. The minimum Gasteiger partial charge on any atom is -0.492 e. The molecule has 0 unspecified atom stereocenters. The minimum absolute atomic E-state index is 0.0478. The Labute approximate surface area is 179 Å². The van der Waals surface area contributed by atoms with Crippen LogP contribution in [-0.2, 0) is 14.8 Å². The lowest BCUT2D eigenvalue weighted by molar-refractivity contribution is 0.122. The Bertz CT molecular complexity index is 1190. The number of fused-ring (bicyclic) bond motifs is 1. The topological polar surface area (TPSA) is 109 Å². The van der Waals surface area contributed by atoms with E-state index >= 15 is 0 Å². The van der Waals surface area contributed by atoms with Gasteiger partial charge in [0.05, 0.1) is 37.2 Å². The highest BCUT2D eigenvalue weighted by molar-refractivity contribution is 7.92. The van der Waals surface area contributed by atoms with Crippen LogP contribution in [0.1, 0.15) is 13.3 Å². The Balaban J connectivity index is 1.76. The second kappa shape index (κ2) is 8.67. The van der Waals surface area contributed by atoms with Crippen molar-refractivity contribution in [1.29, 1.82) is 0 Å². The molecular weight excluding hydrogens is 425 g/mol. The standard InChI is InChI=1S/C20H24FN5O4S/c1-3-8-31(27,28)25-17-11-13(10-16(21)18(17)29-2)14-9-15-19(22-12-14)23-24-20(15)26-4-6-30-7-5-26/h9-12,25H,3-8H2,1-2H3,(H,22,23,24). The van der Waals surface area contributed by atoms with Gasteiger partial charge in [-0.3, -0.25) is 9.82 Å². The van der Waals surface area contributed by atoms with E-state index in [1.807, 2.05) is 6.07 Å². The summed E-state index contributed by atoms with van der Waals surface area (Å²) in [6, 6.07) is 4.71. The molecule has 1 aliphatic rings. The normalized spacial score (nSPS) is 14.7. The smallest absolute Gasteiger partial charge is 0.232 e. The fourth-order valence-electron chi connectivity index (χ4n) is 3.60. The van der Waals surface area contributed by atoms with Crippen molar-refractivity contribution in [2.45, 2.75) is 13.3 Å². The van der Waals surface area contributed by atoms with Crippen LogP contribution >= 0.6 is 0 Å². The summed E-state index contributed by atoms with van der Waals surface area (Å²) >= 11 is 0. The first kappa shape index (κ1) is 21.3. The fraction of sp³-hybridized carbons (Fsp3) is 0.400. The molecular formula is C20H24FN5O4S. The zero-order valence-electron chi connectivity index (χ0n) is 17.3. The molecule has 1 saturated heterocycles. The Kier molecular flexibility index (Phi) is 5.96. The summed E-state index contributed by atoms with van der Waals surface area (Å²) in [5, 5.41) is 8.10. The van der Waals surface area contributed by atoms with Crippen LogP contribution in [0, 0.1) is 5.82 Å². The number of morpholine rings is 1. The van der Waals surface area contributed by atoms with Crippen molar-refractivity contribution >= 4 is 32.6 Å². The summed E-state index contributed by atoms with van der Waals surface area (Å²) in [4.78, 5) is 6.51. The van der Waals surface area contributed by atoms with Crippen molar-refractivity contribution in [2.24, 2.45) is 0 Å². The van der Waals surface area contributed by atoms with Gasteiger partial charge in [0.2, 0.25) is 10.0 Å². The highest BCUT2D eigenvalue weighted by Crippen LogP contribution is 2.36. The molecule has 3 aromatic rings. The van der Waals surface area contributed by atoms with E-state index in [-0.39, 0.29) is 17.2 Å². The number of nitrogens with zero attached hydrogens (tertiary/aromatic N) is 3. The maximum atomic E-state index is 14.8. The summed E-state index contributed by atoms with van der Waals surface area (Å²) in [7, 11) is -2.33. The van der Waals surface area contributed by atoms with Gasteiger partial charge in [-0.15, -0.1) is 0 Å². The molecule has 1 fully saturated rings. The predicted octanol–water partition coefficient (Wildman–Crippen LogP) is 2.76.